The summed E-state index contributed by atoms with van der Waals surface area (Å²) in [5.41, 5.74) is 1.99. The number of pyridine rings is 1. The van der Waals surface area contributed by atoms with Gasteiger partial charge < -0.3 is 10.0 Å². The molecule has 0 aliphatic rings. The summed E-state index contributed by atoms with van der Waals surface area (Å²) in [6.45, 7) is 0.702. The Hall–Kier alpha value is -1.88. The molecule has 4 nitrogen and oxygen atoms in total. The number of aromatic nitrogens is 1. The van der Waals surface area contributed by atoms with Crippen LogP contribution >= 0.6 is 15.9 Å². The molecule has 20 heavy (non-hydrogen) atoms. The summed E-state index contributed by atoms with van der Waals surface area (Å²) in [5.74, 6) is -0.919. The summed E-state index contributed by atoms with van der Waals surface area (Å²) in [4.78, 5) is 17.5. The van der Waals surface area contributed by atoms with Crippen LogP contribution in [0, 0.1) is 0 Å². The molecular formula is C15H15BrN2O2. The van der Waals surface area contributed by atoms with Crippen molar-refractivity contribution in [3.8, 4) is 0 Å². The number of hydrogen-bond acceptors (Lipinski definition) is 3. The molecule has 0 bridgehead atoms. The van der Waals surface area contributed by atoms with E-state index in [0.717, 1.165) is 16.6 Å². The quantitative estimate of drug-likeness (QED) is 0.912. The number of aromatic carboxylic acids is 1. The van der Waals surface area contributed by atoms with Gasteiger partial charge in [-0.1, -0.05) is 22.0 Å². The van der Waals surface area contributed by atoms with Crippen molar-refractivity contribution < 1.29 is 9.90 Å². The van der Waals surface area contributed by atoms with E-state index in [1.807, 2.05) is 36.2 Å². The predicted molar refractivity (Wildman–Crippen MR) is 82.3 cm³/mol. The summed E-state index contributed by atoms with van der Waals surface area (Å²) in [6, 6.07) is 11.0. The van der Waals surface area contributed by atoms with Gasteiger partial charge in [-0.3, -0.25) is 4.98 Å². The zero-order valence-electron chi connectivity index (χ0n) is 11.1. The maximum absolute atomic E-state index is 11.3. The van der Waals surface area contributed by atoms with E-state index in [-0.39, 0.29) is 0 Å². The highest BCUT2D eigenvalue weighted by Gasteiger charge is 2.13. The van der Waals surface area contributed by atoms with Crippen molar-refractivity contribution in [3.63, 3.8) is 0 Å². The molecule has 0 radical (unpaired) electrons. The van der Waals surface area contributed by atoms with Gasteiger partial charge in [0.15, 0.2) is 0 Å². The molecule has 0 saturated carbocycles. The lowest BCUT2D eigenvalue weighted by molar-refractivity contribution is 0.0697. The van der Waals surface area contributed by atoms with Crippen molar-refractivity contribution in [2.45, 2.75) is 6.42 Å². The number of carboxylic acids is 1. The van der Waals surface area contributed by atoms with Crippen LogP contribution in [-0.4, -0.2) is 29.7 Å². The Morgan fingerprint density at radius 1 is 1.35 bits per heavy atom. The van der Waals surface area contributed by atoms with Gasteiger partial charge in [0.05, 0.1) is 11.3 Å². The molecule has 2 aromatic rings. The van der Waals surface area contributed by atoms with Gasteiger partial charge in [-0.05, 0) is 30.3 Å². The second kappa shape index (κ2) is 6.52. The highest BCUT2D eigenvalue weighted by molar-refractivity contribution is 9.10. The van der Waals surface area contributed by atoms with Crippen LogP contribution in [0.15, 0.2) is 47.1 Å². The Kier molecular flexibility index (Phi) is 4.74. The van der Waals surface area contributed by atoms with E-state index in [1.165, 1.54) is 0 Å². The number of likely N-dealkylation sites (N-methyl/N-ethyl adjacent to an activating group) is 1. The van der Waals surface area contributed by atoms with Gasteiger partial charge >= 0.3 is 5.97 Å². The van der Waals surface area contributed by atoms with E-state index in [0.29, 0.717) is 17.8 Å². The molecule has 104 valence electrons. The lowest BCUT2D eigenvalue weighted by Gasteiger charge is -2.21. The van der Waals surface area contributed by atoms with Gasteiger partial charge in [0.25, 0.3) is 0 Å². The number of anilines is 1. The average molecular weight is 335 g/mol. The van der Waals surface area contributed by atoms with Gasteiger partial charge in [0.1, 0.15) is 0 Å². The minimum Gasteiger partial charge on any atom is -0.478 e. The molecule has 1 N–H and O–H groups in total. The Morgan fingerprint density at radius 3 is 2.80 bits per heavy atom. The Bertz CT molecular complexity index is 602. The monoisotopic (exact) mass is 334 g/mol. The highest BCUT2D eigenvalue weighted by Crippen LogP contribution is 2.24. The maximum atomic E-state index is 11.3. The van der Waals surface area contributed by atoms with Gasteiger partial charge in [-0.15, -0.1) is 0 Å². The van der Waals surface area contributed by atoms with Crippen LogP contribution in [0.4, 0.5) is 5.69 Å². The summed E-state index contributed by atoms with van der Waals surface area (Å²) >= 11 is 3.38. The Balaban J connectivity index is 2.14. The minimum absolute atomic E-state index is 0.303. The molecule has 0 fully saturated rings. The first-order valence-electron chi connectivity index (χ1n) is 6.22. The standard InChI is InChI=1S/C15H15BrN2O2/c1-18(9-7-12-4-2-3-8-17-12)14-10-11(16)5-6-13(14)15(19)20/h2-6,8,10H,7,9H2,1H3,(H,19,20). The van der Waals surface area contributed by atoms with E-state index in [1.54, 1.807) is 18.3 Å². The molecule has 0 aliphatic carbocycles. The zero-order chi connectivity index (χ0) is 14.5. The molecular weight excluding hydrogens is 320 g/mol. The van der Waals surface area contributed by atoms with Crippen LogP contribution in [-0.2, 0) is 6.42 Å². The first-order valence-corrected chi connectivity index (χ1v) is 7.01. The van der Waals surface area contributed by atoms with Crippen molar-refractivity contribution in [2.75, 3.05) is 18.5 Å². The fraction of sp³-hybridized carbons (Fsp3) is 0.200. The summed E-state index contributed by atoms with van der Waals surface area (Å²) in [7, 11) is 1.89. The molecule has 5 heteroatoms. The second-order valence-corrected chi connectivity index (χ2v) is 5.37. The van der Waals surface area contributed by atoms with Crippen molar-refractivity contribution in [1.82, 2.24) is 4.98 Å². The molecule has 1 heterocycles. The Morgan fingerprint density at radius 2 is 2.15 bits per heavy atom. The third-order valence-electron chi connectivity index (χ3n) is 3.03. The van der Waals surface area contributed by atoms with Crippen LogP contribution < -0.4 is 4.90 Å². The van der Waals surface area contributed by atoms with Crippen molar-refractivity contribution in [1.29, 1.82) is 0 Å². The molecule has 0 unspecified atom stereocenters. The molecule has 0 saturated heterocycles. The Labute approximate surface area is 126 Å². The zero-order valence-corrected chi connectivity index (χ0v) is 12.7. The van der Waals surface area contributed by atoms with Gasteiger partial charge in [-0.2, -0.15) is 0 Å². The fourth-order valence-corrected chi connectivity index (χ4v) is 2.30. The fourth-order valence-electron chi connectivity index (χ4n) is 1.95. The average Bonchev–Trinajstić information content (AvgIpc) is 2.45. The van der Waals surface area contributed by atoms with E-state index in [4.69, 9.17) is 0 Å². The number of rotatable bonds is 5. The van der Waals surface area contributed by atoms with Crippen molar-refractivity contribution in [3.05, 3.63) is 58.3 Å². The van der Waals surface area contributed by atoms with E-state index < -0.39 is 5.97 Å². The van der Waals surface area contributed by atoms with Gasteiger partial charge in [-0.25, -0.2) is 4.79 Å². The normalized spacial score (nSPS) is 10.3. The van der Waals surface area contributed by atoms with Gasteiger partial charge in [0, 0.05) is 36.4 Å². The molecule has 0 amide bonds. The van der Waals surface area contributed by atoms with Crippen LogP contribution in [0.3, 0.4) is 0 Å². The first kappa shape index (κ1) is 14.5. The van der Waals surface area contributed by atoms with Crippen LogP contribution in [0.2, 0.25) is 0 Å². The summed E-state index contributed by atoms with van der Waals surface area (Å²) in [6.07, 6.45) is 2.53. The first-order chi connectivity index (χ1) is 9.58. The van der Waals surface area contributed by atoms with Crippen molar-refractivity contribution in [2.24, 2.45) is 0 Å². The van der Waals surface area contributed by atoms with E-state index in [9.17, 15) is 9.90 Å². The third-order valence-corrected chi connectivity index (χ3v) is 3.52. The van der Waals surface area contributed by atoms with E-state index in [2.05, 4.69) is 20.9 Å². The van der Waals surface area contributed by atoms with E-state index >= 15 is 0 Å². The molecule has 0 aliphatic heterocycles. The third kappa shape index (κ3) is 3.57. The molecule has 0 spiro atoms. The predicted octanol–water partition coefficient (Wildman–Crippen LogP) is 3.22. The number of benzene rings is 1. The SMILES string of the molecule is CN(CCc1ccccn1)c1cc(Br)ccc1C(=O)O. The maximum Gasteiger partial charge on any atom is 0.337 e. The summed E-state index contributed by atoms with van der Waals surface area (Å²) < 4.78 is 0.863. The minimum atomic E-state index is -0.919. The largest absolute Gasteiger partial charge is 0.478 e. The molecule has 1 aromatic carbocycles. The highest BCUT2D eigenvalue weighted by atomic mass is 79.9. The van der Waals surface area contributed by atoms with Crippen LogP contribution in [0.25, 0.3) is 0 Å². The topological polar surface area (TPSA) is 53.4 Å². The summed E-state index contributed by atoms with van der Waals surface area (Å²) in [5, 5.41) is 9.24. The lowest BCUT2D eigenvalue weighted by Crippen LogP contribution is -2.23. The van der Waals surface area contributed by atoms with Crippen LogP contribution in [0.1, 0.15) is 16.1 Å². The number of nitrogens with zero attached hydrogens (tertiary/aromatic N) is 2. The number of carbonyl (C=O) groups is 1. The number of halogens is 1. The van der Waals surface area contributed by atoms with Gasteiger partial charge in [0.2, 0.25) is 0 Å². The van der Waals surface area contributed by atoms with Crippen molar-refractivity contribution >= 4 is 27.6 Å². The number of hydrogen-bond donors (Lipinski definition) is 1. The van der Waals surface area contributed by atoms with Crippen LogP contribution in [0.5, 0.6) is 0 Å². The number of carboxylic acid groups (broad SMARTS) is 1. The smallest absolute Gasteiger partial charge is 0.337 e. The molecule has 1 aromatic heterocycles. The second-order valence-electron chi connectivity index (χ2n) is 4.46. The molecule has 0 atom stereocenters. The lowest BCUT2D eigenvalue weighted by atomic mass is 10.1. The molecule has 2 rings (SSSR count).